The molecule has 1 saturated heterocycles. The number of amides is 1. The fourth-order valence-corrected chi connectivity index (χ4v) is 3.46. The summed E-state index contributed by atoms with van der Waals surface area (Å²) in [5.74, 6) is 0.890. The Kier molecular flexibility index (Phi) is 4.41. The van der Waals surface area contributed by atoms with Crippen LogP contribution < -0.4 is 5.32 Å². The third-order valence-corrected chi connectivity index (χ3v) is 4.70. The summed E-state index contributed by atoms with van der Waals surface area (Å²) in [7, 11) is 0. The van der Waals surface area contributed by atoms with Gasteiger partial charge in [-0.25, -0.2) is 9.78 Å². The van der Waals surface area contributed by atoms with Crippen LogP contribution in [0, 0.1) is 0 Å². The monoisotopic (exact) mass is 370 g/mol. The molecule has 0 saturated carbocycles. The first-order valence-corrected chi connectivity index (χ1v) is 9.34. The number of piperazine rings is 1. The normalized spacial score (nSPS) is 19.8. The van der Waals surface area contributed by atoms with Crippen molar-refractivity contribution < 1.29 is 9.53 Å². The van der Waals surface area contributed by atoms with E-state index in [9.17, 15) is 4.79 Å². The number of aliphatic imine (C=N–C) groups is 1. The van der Waals surface area contributed by atoms with Gasteiger partial charge in [0.05, 0.1) is 24.8 Å². The zero-order valence-corrected chi connectivity index (χ0v) is 16.1. The molecule has 2 aromatic heterocycles. The Bertz CT molecular complexity index is 835. The molecule has 0 radical (unpaired) electrons. The molecule has 8 nitrogen and oxygen atoms in total. The number of nitrogens with zero attached hydrogens (tertiary/aromatic N) is 5. The minimum absolute atomic E-state index is 0.204. The van der Waals surface area contributed by atoms with Gasteiger partial charge in [0.15, 0.2) is 5.96 Å². The van der Waals surface area contributed by atoms with Gasteiger partial charge in [0.25, 0.3) is 0 Å². The van der Waals surface area contributed by atoms with Crippen LogP contribution in [0.15, 0.2) is 35.6 Å². The Balaban J connectivity index is 1.33. The molecule has 0 aromatic carbocycles. The lowest BCUT2D eigenvalue weighted by molar-refractivity contribution is 0.0137. The van der Waals surface area contributed by atoms with Crippen LogP contribution >= 0.6 is 0 Å². The molecule has 0 spiro atoms. The summed E-state index contributed by atoms with van der Waals surface area (Å²) in [6.45, 7) is 9.01. The van der Waals surface area contributed by atoms with Crippen molar-refractivity contribution in [3.8, 4) is 0 Å². The number of imidazole rings is 1. The quantitative estimate of drug-likeness (QED) is 0.871. The van der Waals surface area contributed by atoms with Gasteiger partial charge in [-0.2, -0.15) is 0 Å². The molecule has 144 valence electrons. The van der Waals surface area contributed by atoms with Gasteiger partial charge in [-0.05, 0) is 32.9 Å². The van der Waals surface area contributed by atoms with E-state index in [1.807, 2.05) is 55.8 Å². The summed E-state index contributed by atoms with van der Waals surface area (Å²) in [4.78, 5) is 25.6. The number of hydrogen-bond acceptors (Lipinski definition) is 6. The fraction of sp³-hybridized carbons (Fsp3) is 0.526. The van der Waals surface area contributed by atoms with Gasteiger partial charge < -0.3 is 24.3 Å². The molecular formula is C19H26N6O2. The number of guanidine groups is 1. The highest BCUT2D eigenvalue weighted by atomic mass is 16.6. The zero-order chi connectivity index (χ0) is 19.0. The van der Waals surface area contributed by atoms with Gasteiger partial charge in [-0.3, -0.25) is 4.99 Å². The summed E-state index contributed by atoms with van der Waals surface area (Å²) in [5.41, 5.74) is 1.44. The highest BCUT2D eigenvalue weighted by Crippen LogP contribution is 2.18. The number of pyridine rings is 1. The highest BCUT2D eigenvalue weighted by molar-refractivity contribution is 5.82. The van der Waals surface area contributed by atoms with E-state index in [2.05, 4.69) is 20.2 Å². The van der Waals surface area contributed by atoms with Crippen LogP contribution in [0.1, 0.15) is 26.5 Å². The average molecular weight is 370 g/mol. The SMILES string of the molecule is CC(C)(C)OC(=O)N1CCN2C(NCc3cn4ccccc4n3)=NCC2C1. The molecule has 4 heterocycles. The lowest BCUT2D eigenvalue weighted by Crippen LogP contribution is -2.57. The highest BCUT2D eigenvalue weighted by Gasteiger charge is 2.36. The molecule has 0 bridgehead atoms. The predicted molar refractivity (Wildman–Crippen MR) is 103 cm³/mol. The predicted octanol–water partition coefficient (Wildman–Crippen LogP) is 1.71. The Hall–Kier alpha value is -2.77. The maximum atomic E-state index is 12.3. The van der Waals surface area contributed by atoms with Gasteiger partial charge in [0, 0.05) is 32.0 Å². The van der Waals surface area contributed by atoms with Crippen molar-refractivity contribution in [2.45, 2.75) is 39.0 Å². The molecule has 1 fully saturated rings. The second kappa shape index (κ2) is 6.75. The lowest BCUT2D eigenvalue weighted by atomic mass is 10.2. The third kappa shape index (κ3) is 3.84. The van der Waals surface area contributed by atoms with Gasteiger partial charge in [-0.1, -0.05) is 6.07 Å². The zero-order valence-electron chi connectivity index (χ0n) is 16.1. The molecule has 1 atom stereocenters. The number of nitrogens with one attached hydrogen (secondary N) is 1. The van der Waals surface area contributed by atoms with Crippen molar-refractivity contribution >= 4 is 17.7 Å². The van der Waals surface area contributed by atoms with E-state index in [4.69, 9.17) is 4.74 Å². The molecule has 0 aliphatic carbocycles. The van der Waals surface area contributed by atoms with Crippen molar-refractivity contribution in [3.05, 3.63) is 36.3 Å². The minimum atomic E-state index is -0.471. The van der Waals surface area contributed by atoms with E-state index in [0.717, 1.165) is 23.8 Å². The summed E-state index contributed by atoms with van der Waals surface area (Å²) in [6, 6.07) is 6.16. The van der Waals surface area contributed by atoms with Gasteiger partial charge in [0.1, 0.15) is 11.2 Å². The second-order valence-electron chi connectivity index (χ2n) is 7.99. The largest absolute Gasteiger partial charge is 0.444 e. The number of aromatic nitrogens is 2. The van der Waals surface area contributed by atoms with Gasteiger partial charge >= 0.3 is 6.09 Å². The summed E-state index contributed by atoms with van der Waals surface area (Å²) in [5, 5.41) is 3.41. The number of rotatable bonds is 2. The maximum absolute atomic E-state index is 12.3. The van der Waals surface area contributed by atoms with E-state index in [0.29, 0.717) is 26.2 Å². The second-order valence-corrected chi connectivity index (χ2v) is 7.99. The first kappa shape index (κ1) is 17.6. The van der Waals surface area contributed by atoms with Crippen LogP contribution in [0.4, 0.5) is 4.79 Å². The van der Waals surface area contributed by atoms with Crippen LogP contribution in [0.25, 0.3) is 5.65 Å². The smallest absolute Gasteiger partial charge is 0.410 e. The number of fused-ring (bicyclic) bond motifs is 2. The molecular weight excluding hydrogens is 344 g/mol. The molecule has 27 heavy (non-hydrogen) atoms. The molecule has 4 rings (SSSR count). The molecule has 2 aliphatic rings. The van der Waals surface area contributed by atoms with E-state index in [-0.39, 0.29) is 12.1 Å². The number of ether oxygens (including phenoxy) is 1. The number of carbonyl (C=O) groups is 1. The number of hydrogen-bond donors (Lipinski definition) is 1. The van der Waals surface area contributed by atoms with Crippen molar-refractivity contribution in [3.63, 3.8) is 0 Å². The molecule has 1 N–H and O–H groups in total. The maximum Gasteiger partial charge on any atom is 0.410 e. The standard InChI is InChI=1S/C19H26N6O2/c1-19(2,3)27-18(26)24-8-9-25-15(13-24)11-21-17(25)20-10-14-12-23-7-5-4-6-16(23)22-14/h4-7,12,15H,8-11,13H2,1-3H3,(H,20,21). The molecule has 2 aromatic rings. The fourth-order valence-electron chi connectivity index (χ4n) is 3.46. The van der Waals surface area contributed by atoms with E-state index < -0.39 is 5.60 Å². The van der Waals surface area contributed by atoms with E-state index in [1.54, 1.807) is 4.90 Å². The van der Waals surface area contributed by atoms with Crippen molar-refractivity contribution in [1.82, 2.24) is 24.5 Å². The van der Waals surface area contributed by atoms with E-state index >= 15 is 0 Å². The summed E-state index contributed by atoms with van der Waals surface area (Å²) in [6.07, 6.45) is 3.77. The van der Waals surface area contributed by atoms with Crippen LogP contribution in [-0.4, -0.2) is 69.1 Å². The van der Waals surface area contributed by atoms with E-state index in [1.165, 1.54) is 0 Å². The Morgan fingerprint density at radius 2 is 2.19 bits per heavy atom. The topological polar surface area (TPSA) is 74.5 Å². The Morgan fingerprint density at radius 1 is 1.33 bits per heavy atom. The van der Waals surface area contributed by atoms with Crippen molar-refractivity contribution in [2.24, 2.45) is 4.99 Å². The summed E-state index contributed by atoms with van der Waals surface area (Å²) < 4.78 is 7.50. The molecule has 1 unspecified atom stereocenters. The lowest BCUT2D eigenvalue weighted by Gasteiger charge is -2.39. The van der Waals surface area contributed by atoms with Crippen LogP contribution in [-0.2, 0) is 11.3 Å². The molecule has 1 amide bonds. The van der Waals surface area contributed by atoms with Crippen LogP contribution in [0.2, 0.25) is 0 Å². The Morgan fingerprint density at radius 3 is 2.96 bits per heavy atom. The van der Waals surface area contributed by atoms with Crippen molar-refractivity contribution in [2.75, 3.05) is 26.2 Å². The van der Waals surface area contributed by atoms with Crippen LogP contribution in [0.3, 0.4) is 0 Å². The average Bonchev–Trinajstić information content (AvgIpc) is 3.21. The van der Waals surface area contributed by atoms with Crippen molar-refractivity contribution in [1.29, 1.82) is 0 Å². The minimum Gasteiger partial charge on any atom is -0.444 e. The van der Waals surface area contributed by atoms with Gasteiger partial charge in [0.2, 0.25) is 0 Å². The Labute approximate surface area is 158 Å². The molecule has 8 heteroatoms. The number of carbonyl (C=O) groups excluding carboxylic acids is 1. The summed E-state index contributed by atoms with van der Waals surface area (Å²) >= 11 is 0. The first-order chi connectivity index (χ1) is 12.9. The first-order valence-electron chi connectivity index (χ1n) is 9.34. The molecule has 2 aliphatic heterocycles. The third-order valence-electron chi connectivity index (χ3n) is 4.70. The van der Waals surface area contributed by atoms with Gasteiger partial charge in [-0.15, -0.1) is 0 Å². The van der Waals surface area contributed by atoms with Crippen LogP contribution in [0.5, 0.6) is 0 Å².